The number of piperidine rings is 1. The molecule has 1 saturated heterocycles. The van der Waals surface area contributed by atoms with Gasteiger partial charge in [0.25, 0.3) is 0 Å². The SMILES string of the molecule is COC1=C(OC)C2CCC3C(=C2C=C1)CCCN3CCc1ccccc1. The first-order valence-corrected chi connectivity index (χ1v) is 9.83. The molecule has 0 spiro atoms. The van der Waals surface area contributed by atoms with E-state index in [4.69, 9.17) is 9.47 Å². The Balaban J connectivity index is 1.55. The zero-order valence-corrected chi connectivity index (χ0v) is 15.9. The minimum atomic E-state index is 0.375. The van der Waals surface area contributed by atoms with E-state index in [9.17, 15) is 0 Å². The maximum absolute atomic E-state index is 5.73. The molecule has 0 amide bonds. The number of methoxy groups -OCH3 is 2. The fourth-order valence-corrected chi connectivity index (χ4v) is 4.92. The van der Waals surface area contributed by atoms with E-state index in [1.807, 2.05) is 0 Å². The Hall–Kier alpha value is -2.00. The molecule has 1 aromatic carbocycles. The molecule has 0 radical (unpaired) electrons. The highest BCUT2D eigenvalue weighted by Crippen LogP contribution is 2.44. The van der Waals surface area contributed by atoms with Crippen LogP contribution in [0.25, 0.3) is 0 Å². The van der Waals surface area contributed by atoms with Gasteiger partial charge in [-0.05, 0) is 61.4 Å². The number of benzene rings is 1. The maximum atomic E-state index is 5.73. The Kier molecular flexibility index (Phi) is 5.16. The molecule has 0 aromatic heterocycles. The van der Waals surface area contributed by atoms with Crippen molar-refractivity contribution in [3.05, 3.63) is 70.7 Å². The lowest BCUT2D eigenvalue weighted by Crippen LogP contribution is -2.45. The number of likely N-dealkylation sites (tertiary alicyclic amines) is 1. The highest BCUT2D eigenvalue weighted by atomic mass is 16.5. The molecular weight excluding hydrogens is 322 g/mol. The molecule has 138 valence electrons. The van der Waals surface area contributed by atoms with Gasteiger partial charge in [0.15, 0.2) is 5.76 Å². The smallest absolute Gasteiger partial charge is 0.157 e. The van der Waals surface area contributed by atoms with Crippen LogP contribution in [-0.2, 0) is 15.9 Å². The molecule has 0 saturated carbocycles. The number of hydrogen-bond acceptors (Lipinski definition) is 3. The van der Waals surface area contributed by atoms with Crippen LogP contribution >= 0.6 is 0 Å². The minimum Gasteiger partial charge on any atom is -0.497 e. The lowest BCUT2D eigenvalue weighted by Gasteiger charge is -2.44. The molecule has 3 aliphatic rings. The van der Waals surface area contributed by atoms with Crippen LogP contribution in [-0.4, -0.2) is 38.3 Å². The Bertz CT molecular complexity index is 732. The largest absolute Gasteiger partial charge is 0.497 e. The van der Waals surface area contributed by atoms with Gasteiger partial charge < -0.3 is 9.47 Å². The summed E-state index contributed by atoms with van der Waals surface area (Å²) in [6.07, 6.45) is 10.4. The number of hydrogen-bond donors (Lipinski definition) is 0. The summed E-state index contributed by atoms with van der Waals surface area (Å²) < 4.78 is 11.3. The molecule has 2 unspecified atom stereocenters. The van der Waals surface area contributed by atoms with Crippen molar-refractivity contribution in [1.82, 2.24) is 4.90 Å². The number of ether oxygens (including phenoxy) is 2. The van der Waals surface area contributed by atoms with E-state index in [1.54, 1.807) is 19.8 Å². The average molecular weight is 351 g/mol. The van der Waals surface area contributed by atoms with Gasteiger partial charge in [0.2, 0.25) is 0 Å². The quantitative estimate of drug-likeness (QED) is 0.781. The van der Waals surface area contributed by atoms with Gasteiger partial charge in [0, 0.05) is 18.5 Å². The van der Waals surface area contributed by atoms with E-state index in [0.29, 0.717) is 12.0 Å². The monoisotopic (exact) mass is 351 g/mol. The summed E-state index contributed by atoms with van der Waals surface area (Å²) in [5, 5.41) is 0. The van der Waals surface area contributed by atoms with Crippen molar-refractivity contribution in [1.29, 1.82) is 0 Å². The van der Waals surface area contributed by atoms with E-state index in [-0.39, 0.29) is 0 Å². The molecule has 26 heavy (non-hydrogen) atoms. The predicted molar refractivity (Wildman–Crippen MR) is 105 cm³/mol. The van der Waals surface area contributed by atoms with Gasteiger partial charge in [-0.3, -0.25) is 4.90 Å². The van der Waals surface area contributed by atoms with E-state index >= 15 is 0 Å². The van der Waals surface area contributed by atoms with Crippen molar-refractivity contribution in [2.45, 2.75) is 38.1 Å². The van der Waals surface area contributed by atoms with Crippen molar-refractivity contribution in [3.63, 3.8) is 0 Å². The number of rotatable bonds is 5. The average Bonchev–Trinajstić information content (AvgIpc) is 2.71. The first-order valence-electron chi connectivity index (χ1n) is 9.83. The van der Waals surface area contributed by atoms with Crippen LogP contribution in [0.3, 0.4) is 0 Å². The molecule has 0 N–H and O–H groups in total. The molecule has 4 rings (SSSR count). The molecule has 2 aliphatic carbocycles. The molecule has 1 heterocycles. The second-order valence-corrected chi connectivity index (χ2v) is 7.47. The van der Waals surface area contributed by atoms with Crippen LogP contribution in [0, 0.1) is 5.92 Å². The van der Waals surface area contributed by atoms with Crippen LogP contribution in [0.2, 0.25) is 0 Å². The second-order valence-electron chi connectivity index (χ2n) is 7.47. The molecule has 0 bridgehead atoms. The number of allylic oxidation sites excluding steroid dienone is 3. The highest BCUT2D eigenvalue weighted by Gasteiger charge is 2.38. The minimum absolute atomic E-state index is 0.375. The normalized spacial score (nSPS) is 25.8. The first-order chi connectivity index (χ1) is 12.8. The summed E-state index contributed by atoms with van der Waals surface area (Å²) in [6, 6.07) is 11.5. The zero-order chi connectivity index (χ0) is 17.9. The van der Waals surface area contributed by atoms with Gasteiger partial charge in [-0.25, -0.2) is 0 Å². The number of nitrogens with zero attached hydrogens (tertiary/aromatic N) is 1. The molecule has 1 fully saturated rings. The summed E-state index contributed by atoms with van der Waals surface area (Å²) in [7, 11) is 3.50. The van der Waals surface area contributed by atoms with Crippen molar-refractivity contribution < 1.29 is 9.47 Å². The lowest BCUT2D eigenvalue weighted by atomic mass is 9.73. The summed E-state index contributed by atoms with van der Waals surface area (Å²) in [6.45, 7) is 2.37. The third kappa shape index (κ3) is 3.21. The summed E-state index contributed by atoms with van der Waals surface area (Å²) in [4.78, 5) is 2.71. The van der Waals surface area contributed by atoms with E-state index < -0.39 is 0 Å². The summed E-state index contributed by atoms with van der Waals surface area (Å²) in [5.41, 5.74) is 4.57. The predicted octanol–water partition coefficient (Wildman–Crippen LogP) is 4.47. The Labute approximate surface area is 157 Å². The molecule has 1 aliphatic heterocycles. The van der Waals surface area contributed by atoms with Crippen molar-refractivity contribution in [3.8, 4) is 0 Å². The Morgan fingerprint density at radius 3 is 2.65 bits per heavy atom. The fraction of sp³-hybridized carbons (Fsp3) is 0.478. The van der Waals surface area contributed by atoms with Gasteiger partial charge in [0.1, 0.15) is 5.76 Å². The second kappa shape index (κ2) is 7.71. The van der Waals surface area contributed by atoms with Gasteiger partial charge >= 0.3 is 0 Å². The topological polar surface area (TPSA) is 21.7 Å². The van der Waals surface area contributed by atoms with Crippen LogP contribution < -0.4 is 0 Å². The van der Waals surface area contributed by atoms with E-state index in [0.717, 1.165) is 30.9 Å². The molecular formula is C23H29NO2. The van der Waals surface area contributed by atoms with Gasteiger partial charge in [-0.15, -0.1) is 0 Å². The van der Waals surface area contributed by atoms with E-state index in [1.165, 1.54) is 36.9 Å². The molecule has 3 heteroatoms. The van der Waals surface area contributed by atoms with Crippen molar-refractivity contribution in [2.24, 2.45) is 5.92 Å². The molecule has 1 aromatic rings. The Morgan fingerprint density at radius 1 is 1.04 bits per heavy atom. The summed E-state index contributed by atoms with van der Waals surface area (Å²) in [5.74, 6) is 2.27. The number of fused-ring (bicyclic) bond motifs is 2. The fourth-order valence-electron chi connectivity index (χ4n) is 4.92. The third-order valence-corrected chi connectivity index (χ3v) is 6.15. The molecule has 3 nitrogen and oxygen atoms in total. The first kappa shape index (κ1) is 17.4. The third-order valence-electron chi connectivity index (χ3n) is 6.15. The van der Waals surface area contributed by atoms with Crippen LogP contribution in [0.5, 0.6) is 0 Å². The van der Waals surface area contributed by atoms with Gasteiger partial charge in [0.05, 0.1) is 14.2 Å². The van der Waals surface area contributed by atoms with Crippen LogP contribution in [0.15, 0.2) is 65.1 Å². The summed E-state index contributed by atoms with van der Waals surface area (Å²) >= 11 is 0. The highest BCUT2D eigenvalue weighted by molar-refractivity contribution is 5.45. The van der Waals surface area contributed by atoms with Crippen LogP contribution in [0.4, 0.5) is 0 Å². The van der Waals surface area contributed by atoms with Crippen molar-refractivity contribution >= 4 is 0 Å². The van der Waals surface area contributed by atoms with Gasteiger partial charge in [-0.1, -0.05) is 36.4 Å². The van der Waals surface area contributed by atoms with Gasteiger partial charge in [-0.2, -0.15) is 0 Å². The maximum Gasteiger partial charge on any atom is 0.157 e. The lowest BCUT2D eigenvalue weighted by molar-refractivity contribution is 0.151. The van der Waals surface area contributed by atoms with Crippen molar-refractivity contribution in [2.75, 3.05) is 27.3 Å². The standard InChI is InChI=1S/C23H29NO2/c1-25-22-13-11-18-19-9-6-15-24(16-14-17-7-4-3-5-8-17)21(19)12-10-20(18)23(22)26-2/h3-5,7-8,11,13,20-21H,6,9-10,12,14-16H2,1-2H3. The zero-order valence-electron chi connectivity index (χ0n) is 15.9. The Morgan fingerprint density at radius 2 is 1.88 bits per heavy atom. The van der Waals surface area contributed by atoms with E-state index in [2.05, 4.69) is 47.4 Å². The molecule has 2 atom stereocenters. The van der Waals surface area contributed by atoms with Crippen LogP contribution in [0.1, 0.15) is 31.2 Å².